The molecule has 1 rings (SSSR count). The fourth-order valence-corrected chi connectivity index (χ4v) is 2.49. The molecule has 0 aliphatic carbocycles. The summed E-state index contributed by atoms with van der Waals surface area (Å²) in [5, 5.41) is 3.03. The van der Waals surface area contributed by atoms with Crippen LogP contribution in [0.1, 0.15) is 34.6 Å². The molecule has 1 amide bonds. The first kappa shape index (κ1) is 18.4. The summed E-state index contributed by atoms with van der Waals surface area (Å²) in [6.07, 6.45) is 0. The largest absolute Gasteiger partial charge is 0.366 e. The van der Waals surface area contributed by atoms with Gasteiger partial charge in [-0.25, -0.2) is 0 Å². The van der Waals surface area contributed by atoms with E-state index in [4.69, 9.17) is 4.74 Å². The van der Waals surface area contributed by atoms with E-state index >= 15 is 0 Å². The van der Waals surface area contributed by atoms with Crippen molar-refractivity contribution in [2.24, 2.45) is 5.92 Å². The third-order valence-corrected chi connectivity index (χ3v) is 3.92. The molecule has 21 heavy (non-hydrogen) atoms. The van der Waals surface area contributed by atoms with Crippen LogP contribution in [0.4, 0.5) is 0 Å². The first-order valence-corrected chi connectivity index (χ1v) is 8.02. The summed E-state index contributed by atoms with van der Waals surface area (Å²) >= 11 is 0. The van der Waals surface area contributed by atoms with Crippen LogP contribution in [-0.4, -0.2) is 73.7 Å². The number of rotatable bonds is 6. The van der Waals surface area contributed by atoms with E-state index in [2.05, 4.69) is 36.0 Å². The lowest BCUT2D eigenvalue weighted by Crippen LogP contribution is -2.54. The number of carbonyl (C=O) groups excluding carboxylic acids is 1. The monoisotopic (exact) mass is 299 g/mol. The van der Waals surface area contributed by atoms with E-state index in [1.54, 1.807) is 0 Å². The van der Waals surface area contributed by atoms with Gasteiger partial charge in [-0.15, -0.1) is 0 Å². The first-order chi connectivity index (χ1) is 9.69. The van der Waals surface area contributed by atoms with Gasteiger partial charge in [0.2, 0.25) is 5.91 Å². The molecule has 0 spiro atoms. The number of hydrogen-bond donors (Lipinski definition) is 1. The Morgan fingerprint density at radius 3 is 2.24 bits per heavy atom. The maximum absolute atomic E-state index is 11.9. The van der Waals surface area contributed by atoms with Crippen molar-refractivity contribution in [1.82, 2.24) is 15.1 Å². The highest BCUT2D eigenvalue weighted by Gasteiger charge is 2.25. The van der Waals surface area contributed by atoms with Crippen molar-refractivity contribution >= 4 is 5.91 Å². The minimum absolute atomic E-state index is 0.0234. The molecule has 1 fully saturated rings. The zero-order valence-corrected chi connectivity index (χ0v) is 14.6. The highest BCUT2D eigenvalue weighted by molar-refractivity contribution is 5.77. The highest BCUT2D eigenvalue weighted by atomic mass is 16.5. The van der Waals surface area contributed by atoms with Crippen LogP contribution in [-0.2, 0) is 9.53 Å². The highest BCUT2D eigenvalue weighted by Crippen LogP contribution is 2.13. The number of amides is 1. The lowest BCUT2D eigenvalue weighted by atomic mass is 10.0. The van der Waals surface area contributed by atoms with Crippen molar-refractivity contribution in [2.45, 2.75) is 46.3 Å². The molecule has 5 nitrogen and oxygen atoms in total. The molecule has 1 aliphatic heterocycles. The Morgan fingerprint density at radius 1 is 1.19 bits per heavy atom. The molecule has 1 unspecified atom stereocenters. The predicted octanol–water partition coefficient (Wildman–Crippen LogP) is 1.19. The van der Waals surface area contributed by atoms with Crippen LogP contribution in [0.3, 0.4) is 0 Å². The van der Waals surface area contributed by atoms with Gasteiger partial charge in [0.05, 0.1) is 5.60 Å². The maximum Gasteiger partial charge on any atom is 0.246 e. The standard InChI is InChI=1S/C16H33N3O2/c1-13(2)14(19-9-7-18(6)8-10-19)11-17-15(20)12-21-16(3,4)5/h13-14H,7-12H2,1-6H3,(H,17,20). The Labute approximate surface area is 130 Å². The molecule has 1 atom stereocenters. The maximum atomic E-state index is 11.9. The number of piperazine rings is 1. The second-order valence-electron chi connectivity index (χ2n) is 7.36. The molecule has 1 aliphatic rings. The quantitative estimate of drug-likeness (QED) is 0.800. The minimum atomic E-state index is -0.272. The lowest BCUT2D eigenvalue weighted by Gasteiger charge is -2.40. The molecule has 5 heteroatoms. The average Bonchev–Trinajstić information content (AvgIpc) is 2.37. The van der Waals surface area contributed by atoms with Gasteiger partial charge in [0.15, 0.2) is 0 Å². The summed E-state index contributed by atoms with van der Waals surface area (Å²) < 4.78 is 5.51. The molecule has 1 heterocycles. The predicted molar refractivity (Wildman–Crippen MR) is 86.4 cm³/mol. The van der Waals surface area contributed by atoms with Crippen LogP contribution >= 0.6 is 0 Å². The number of carbonyl (C=O) groups is 1. The average molecular weight is 299 g/mol. The van der Waals surface area contributed by atoms with E-state index in [1.807, 2.05) is 20.8 Å². The van der Waals surface area contributed by atoms with Gasteiger partial charge >= 0.3 is 0 Å². The van der Waals surface area contributed by atoms with Gasteiger partial charge in [0, 0.05) is 38.8 Å². The van der Waals surface area contributed by atoms with E-state index in [1.165, 1.54) is 0 Å². The van der Waals surface area contributed by atoms with Gasteiger partial charge in [-0.1, -0.05) is 13.8 Å². The minimum Gasteiger partial charge on any atom is -0.366 e. The molecule has 0 aromatic carbocycles. The van der Waals surface area contributed by atoms with Crippen molar-refractivity contribution in [1.29, 1.82) is 0 Å². The van der Waals surface area contributed by atoms with E-state index < -0.39 is 0 Å². The summed E-state index contributed by atoms with van der Waals surface area (Å²) in [6.45, 7) is 15.5. The van der Waals surface area contributed by atoms with Crippen molar-refractivity contribution in [3.8, 4) is 0 Å². The first-order valence-electron chi connectivity index (χ1n) is 8.02. The van der Waals surface area contributed by atoms with Crippen LogP contribution in [0.5, 0.6) is 0 Å². The topological polar surface area (TPSA) is 44.8 Å². The zero-order valence-electron chi connectivity index (χ0n) is 14.6. The second-order valence-corrected chi connectivity index (χ2v) is 7.36. The number of nitrogens with zero attached hydrogens (tertiary/aromatic N) is 2. The molecule has 0 radical (unpaired) electrons. The summed E-state index contributed by atoms with van der Waals surface area (Å²) in [6, 6.07) is 0.400. The molecule has 0 aromatic rings. The molecule has 124 valence electrons. The fraction of sp³-hybridized carbons (Fsp3) is 0.938. The lowest BCUT2D eigenvalue weighted by molar-refractivity contribution is -0.130. The Bertz CT molecular complexity index is 318. The number of likely N-dealkylation sites (N-methyl/N-ethyl adjacent to an activating group) is 1. The molecule has 0 aromatic heterocycles. The third kappa shape index (κ3) is 7.25. The van der Waals surface area contributed by atoms with Crippen molar-refractivity contribution in [2.75, 3.05) is 46.4 Å². The molecular weight excluding hydrogens is 266 g/mol. The van der Waals surface area contributed by atoms with Gasteiger partial charge in [-0.05, 0) is 33.7 Å². The Hall–Kier alpha value is -0.650. The number of ether oxygens (including phenoxy) is 1. The summed E-state index contributed by atoms with van der Waals surface area (Å²) in [4.78, 5) is 16.7. The van der Waals surface area contributed by atoms with Crippen molar-refractivity contribution < 1.29 is 9.53 Å². The number of hydrogen-bond acceptors (Lipinski definition) is 4. The molecule has 0 bridgehead atoms. The summed E-state index contributed by atoms with van der Waals surface area (Å²) in [5.74, 6) is 0.502. The van der Waals surface area contributed by atoms with Crippen molar-refractivity contribution in [3.63, 3.8) is 0 Å². The van der Waals surface area contributed by atoms with E-state index in [0.29, 0.717) is 18.5 Å². The normalized spacial score (nSPS) is 19.8. The van der Waals surface area contributed by atoms with Crippen LogP contribution in [0, 0.1) is 5.92 Å². The zero-order chi connectivity index (χ0) is 16.0. The molecular formula is C16H33N3O2. The van der Waals surface area contributed by atoms with E-state index in [-0.39, 0.29) is 18.1 Å². The molecule has 0 saturated carbocycles. The van der Waals surface area contributed by atoms with Crippen LogP contribution in [0.25, 0.3) is 0 Å². The Kier molecular flexibility index (Phi) is 7.10. The third-order valence-electron chi connectivity index (χ3n) is 3.92. The Balaban J connectivity index is 2.39. The Morgan fingerprint density at radius 2 is 1.76 bits per heavy atom. The van der Waals surface area contributed by atoms with Gasteiger partial charge in [-0.2, -0.15) is 0 Å². The van der Waals surface area contributed by atoms with Crippen LogP contribution < -0.4 is 5.32 Å². The summed E-state index contributed by atoms with van der Waals surface area (Å²) in [7, 11) is 2.16. The molecule has 1 N–H and O–H groups in total. The van der Waals surface area contributed by atoms with Gasteiger partial charge in [0.25, 0.3) is 0 Å². The van der Waals surface area contributed by atoms with E-state index in [9.17, 15) is 4.79 Å². The van der Waals surface area contributed by atoms with Crippen LogP contribution in [0.2, 0.25) is 0 Å². The SMILES string of the molecule is CC(C)C(CNC(=O)COC(C)(C)C)N1CCN(C)CC1. The smallest absolute Gasteiger partial charge is 0.246 e. The fourth-order valence-electron chi connectivity index (χ4n) is 2.49. The van der Waals surface area contributed by atoms with E-state index in [0.717, 1.165) is 26.2 Å². The van der Waals surface area contributed by atoms with Gasteiger partial charge in [0.1, 0.15) is 6.61 Å². The van der Waals surface area contributed by atoms with Crippen LogP contribution in [0.15, 0.2) is 0 Å². The van der Waals surface area contributed by atoms with Gasteiger partial charge in [-0.3, -0.25) is 9.69 Å². The van der Waals surface area contributed by atoms with Crippen molar-refractivity contribution in [3.05, 3.63) is 0 Å². The van der Waals surface area contributed by atoms with Gasteiger partial charge < -0.3 is 15.0 Å². The summed E-state index contributed by atoms with van der Waals surface area (Å²) in [5.41, 5.74) is -0.272. The molecule has 1 saturated heterocycles. The number of nitrogens with one attached hydrogen (secondary N) is 1. The second kappa shape index (κ2) is 8.11.